The molecule has 2 heterocycles. The van der Waals surface area contributed by atoms with Gasteiger partial charge in [-0.1, -0.05) is 6.07 Å². The number of ether oxygens (including phenoxy) is 1. The van der Waals surface area contributed by atoms with Crippen LogP contribution in [0.5, 0.6) is 0 Å². The van der Waals surface area contributed by atoms with Crippen LogP contribution in [0.4, 0.5) is 13.2 Å². The number of amides is 1. The van der Waals surface area contributed by atoms with Crippen LogP contribution in [0.1, 0.15) is 36.5 Å². The minimum absolute atomic E-state index is 0.0815. The Kier molecular flexibility index (Phi) is 4.34. The van der Waals surface area contributed by atoms with Gasteiger partial charge in [-0.05, 0) is 37.1 Å². The van der Waals surface area contributed by atoms with Crippen molar-refractivity contribution in [1.82, 2.24) is 10.2 Å². The van der Waals surface area contributed by atoms with E-state index in [4.69, 9.17) is 4.74 Å². The summed E-state index contributed by atoms with van der Waals surface area (Å²) in [7, 11) is 0. The van der Waals surface area contributed by atoms with Gasteiger partial charge in [0, 0.05) is 32.5 Å². The van der Waals surface area contributed by atoms with Crippen LogP contribution in [0.15, 0.2) is 18.2 Å². The van der Waals surface area contributed by atoms with Crippen LogP contribution in [0, 0.1) is 6.92 Å². The number of piperidine rings is 1. The summed E-state index contributed by atoms with van der Waals surface area (Å²) in [6.07, 6.45) is -3.37. The molecule has 2 aliphatic rings. The zero-order valence-corrected chi connectivity index (χ0v) is 13.7. The molecule has 2 saturated heterocycles. The molecule has 1 atom stereocenters. The molecule has 7 heteroatoms. The van der Waals surface area contributed by atoms with Crippen LogP contribution >= 0.6 is 0 Å². The molecule has 1 spiro atoms. The van der Waals surface area contributed by atoms with Gasteiger partial charge in [-0.15, -0.1) is 0 Å². The second-order valence-electron chi connectivity index (χ2n) is 6.66. The van der Waals surface area contributed by atoms with Gasteiger partial charge < -0.3 is 10.1 Å². The zero-order chi connectivity index (χ0) is 17.5. The Hall–Kier alpha value is -1.60. The molecule has 1 unspecified atom stereocenters. The van der Waals surface area contributed by atoms with Crippen LogP contribution in [0.3, 0.4) is 0 Å². The molecule has 1 amide bonds. The Labute approximate surface area is 139 Å². The molecule has 3 rings (SSSR count). The summed E-state index contributed by atoms with van der Waals surface area (Å²) in [4.78, 5) is 13.8. The summed E-state index contributed by atoms with van der Waals surface area (Å²) in [5, 5.41) is 2.93. The number of likely N-dealkylation sites (tertiary alicyclic amines) is 1. The van der Waals surface area contributed by atoms with Gasteiger partial charge in [0.1, 0.15) is 11.8 Å². The molecule has 1 aromatic carbocycles. The fourth-order valence-electron chi connectivity index (χ4n) is 3.35. The second kappa shape index (κ2) is 6.04. The van der Waals surface area contributed by atoms with E-state index in [0.717, 1.165) is 24.7 Å². The molecule has 0 radical (unpaired) electrons. The first-order valence-corrected chi connectivity index (χ1v) is 8.07. The molecule has 2 fully saturated rings. The number of rotatable bonds is 2. The van der Waals surface area contributed by atoms with Crippen molar-refractivity contribution in [3.05, 3.63) is 34.9 Å². The highest BCUT2D eigenvalue weighted by molar-refractivity contribution is 5.82. The Morgan fingerprint density at radius 3 is 2.50 bits per heavy atom. The largest absolute Gasteiger partial charge is 0.416 e. The van der Waals surface area contributed by atoms with E-state index in [9.17, 15) is 18.0 Å². The van der Waals surface area contributed by atoms with E-state index in [0.29, 0.717) is 24.9 Å². The summed E-state index contributed by atoms with van der Waals surface area (Å²) in [6.45, 7) is 5.50. The van der Waals surface area contributed by atoms with E-state index in [1.165, 1.54) is 6.07 Å². The number of hydrogen-bond donors (Lipinski definition) is 1. The maximum atomic E-state index is 12.7. The van der Waals surface area contributed by atoms with Crippen LogP contribution in [-0.4, -0.2) is 35.7 Å². The zero-order valence-electron chi connectivity index (χ0n) is 13.7. The van der Waals surface area contributed by atoms with Gasteiger partial charge in [0.2, 0.25) is 0 Å². The van der Waals surface area contributed by atoms with Gasteiger partial charge in [-0.3, -0.25) is 9.69 Å². The van der Waals surface area contributed by atoms with Crippen LogP contribution in [-0.2, 0) is 22.3 Å². The molecule has 0 saturated carbocycles. The van der Waals surface area contributed by atoms with Gasteiger partial charge in [0.25, 0.3) is 5.91 Å². The molecular formula is C17H21F3N2O2. The van der Waals surface area contributed by atoms with E-state index in [1.54, 1.807) is 19.9 Å². The number of halogens is 3. The summed E-state index contributed by atoms with van der Waals surface area (Å²) < 4.78 is 44.0. The third-order valence-corrected chi connectivity index (χ3v) is 4.85. The average Bonchev–Trinajstić information content (AvgIpc) is 2.77. The maximum absolute atomic E-state index is 12.7. The van der Waals surface area contributed by atoms with Gasteiger partial charge >= 0.3 is 6.18 Å². The predicted molar refractivity (Wildman–Crippen MR) is 82.1 cm³/mol. The van der Waals surface area contributed by atoms with Gasteiger partial charge in [-0.2, -0.15) is 13.2 Å². The summed E-state index contributed by atoms with van der Waals surface area (Å²) in [5.41, 5.74) is 0.354. The first-order valence-electron chi connectivity index (χ1n) is 8.07. The Morgan fingerprint density at radius 2 is 2.00 bits per heavy atom. The molecule has 2 aliphatic heterocycles. The quantitative estimate of drug-likeness (QED) is 0.899. The lowest BCUT2D eigenvalue weighted by atomic mass is 9.99. The monoisotopic (exact) mass is 342 g/mol. The van der Waals surface area contributed by atoms with E-state index in [2.05, 4.69) is 10.2 Å². The number of carbonyl (C=O) groups excluding carboxylic acids is 1. The van der Waals surface area contributed by atoms with E-state index in [-0.39, 0.29) is 5.91 Å². The number of aryl methyl sites for hydroxylation is 1. The number of alkyl halides is 3. The fraction of sp³-hybridized carbons (Fsp3) is 0.588. The topological polar surface area (TPSA) is 41.6 Å². The second-order valence-corrected chi connectivity index (χ2v) is 6.66. The third-order valence-electron chi connectivity index (χ3n) is 4.85. The number of nitrogens with zero attached hydrogens (tertiary/aromatic N) is 1. The van der Waals surface area contributed by atoms with Crippen molar-refractivity contribution >= 4 is 5.91 Å². The SMILES string of the molecule is Cc1cc(C(F)(F)F)ccc1CN1CCC2(CC1)NC(=O)C(C)O2. The lowest BCUT2D eigenvalue weighted by Gasteiger charge is -2.38. The first kappa shape index (κ1) is 17.2. The highest BCUT2D eigenvalue weighted by Gasteiger charge is 2.45. The Morgan fingerprint density at radius 1 is 1.33 bits per heavy atom. The Bertz CT molecular complexity index is 637. The number of nitrogens with one attached hydrogen (secondary N) is 1. The van der Waals surface area contributed by atoms with E-state index < -0.39 is 23.6 Å². The van der Waals surface area contributed by atoms with Crippen molar-refractivity contribution in [3.8, 4) is 0 Å². The van der Waals surface area contributed by atoms with Crippen LogP contribution < -0.4 is 5.32 Å². The molecule has 132 valence electrons. The smallest absolute Gasteiger partial charge is 0.343 e. The van der Waals surface area contributed by atoms with Crippen molar-refractivity contribution in [2.45, 2.75) is 51.2 Å². The minimum atomic E-state index is -4.31. The normalized spacial score (nSPS) is 24.4. The van der Waals surface area contributed by atoms with Gasteiger partial charge in [-0.25, -0.2) is 0 Å². The van der Waals surface area contributed by atoms with Crippen molar-refractivity contribution in [2.75, 3.05) is 13.1 Å². The van der Waals surface area contributed by atoms with Gasteiger partial charge in [0.15, 0.2) is 0 Å². The molecular weight excluding hydrogens is 321 g/mol. The molecule has 1 aromatic rings. The lowest BCUT2D eigenvalue weighted by molar-refractivity contribution is -0.137. The highest BCUT2D eigenvalue weighted by atomic mass is 19.4. The standard InChI is InChI=1S/C17H21F3N2O2/c1-11-9-14(17(18,19)20)4-3-13(11)10-22-7-5-16(6-8-22)21-15(23)12(2)24-16/h3-4,9,12H,5-8,10H2,1-2H3,(H,21,23). The van der Waals surface area contributed by atoms with E-state index in [1.807, 2.05) is 0 Å². The first-order chi connectivity index (χ1) is 11.2. The number of carbonyl (C=O) groups is 1. The average molecular weight is 342 g/mol. The van der Waals surface area contributed by atoms with Crippen molar-refractivity contribution in [2.24, 2.45) is 0 Å². The van der Waals surface area contributed by atoms with Gasteiger partial charge in [0.05, 0.1) is 5.56 Å². The minimum Gasteiger partial charge on any atom is -0.343 e. The van der Waals surface area contributed by atoms with Crippen molar-refractivity contribution < 1.29 is 22.7 Å². The lowest BCUT2D eigenvalue weighted by Crippen LogP contribution is -2.51. The third kappa shape index (κ3) is 3.42. The summed E-state index contributed by atoms with van der Waals surface area (Å²) in [5.74, 6) is -0.0815. The maximum Gasteiger partial charge on any atom is 0.416 e. The molecule has 1 N–H and O–H groups in total. The molecule has 4 nitrogen and oxygen atoms in total. The number of benzene rings is 1. The summed E-state index contributed by atoms with van der Waals surface area (Å²) in [6, 6.07) is 3.89. The predicted octanol–water partition coefficient (Wildman–Crippen LogP) is 2.84. The van der Waals surface area contributed by atoms with Crippen molar-refractivity contribution in [1.29, 1.82) is 0 Å². The van der Waals surface area contributed by atoms with Crippen LogP contribution in [0.25, 0.3) is 0 Å². The van der Waals surface area contributed by atoms with E-state index >= 15 is 0 Å². The van der Waals surface area contributed by atoms with Crippen molar-refractivity contribution in [3.63, 3.8) is 0 Å². The fourth-order valence-corrected chi connectivity index (χ4v) is 3.35. The molecule has 0 aliphatic carbocycles. The van der Waals surface area contributed by atoms with Crippen LogP contribution in [0.2, 0.25) is 0 Å². The molecule has 0 aromatic heterocycles. The molecule has 0 bridgehead atoms. The Balaban J connectivity index is 1.62. The number of hydrogen-bond acceptors (Lipinski definition) is 3. The summed E-state index contributed by atoms with van der Waals surface area (Å²) >= 11 is 0. The molecule has 24 heavy (non-hydrogen) atoms. The highest BCUT2D eigenvalue weighted by Crippen LogP contribution is 2.32.